The van der Waals surface area contributed by atoms with Crippen LogP contribution in [0.5, 0.6) is 0 Å². The van der Waals surface area contributed by atoms with E-state index in [0.29, 0.717) is 18.2 Å². The average molecular weight is 226 g/mol. The normalized spacial score (nSPS) is 33.4. The lowest BCUT2D eigenvalue weighted by molar-refractivity contribution is 0.0273. The summed E-state index contributed by atoms with van der Waals surface area (Å²) in [7, 11) is 0. The molecule has 1 saturated heterocycles. The highest BCUT2D eigenvalue weighted by Gasteiger charge is 2.23. The van der Waals surface area contributed by atoms with Crippen molar-refractivity contribution in [3.63, 3.8) is 0 Å². The minimum absolute atomic E-state index is 0.419. The van der Waals surface area contributed by atoms with Gasteiger partial charge in [0.15, 0.2) is 0 Å². The van der Waals surface area contributed by atoms with Crippen molar-refractivity contribution in [1.82, 2.24) is 4.90 Å². The molecule has 2 rings (SSSR count). The fourth-order valence-electron chi connectivity index (χ4n) is 2.98. The van der Waals surface area contributed by atoms with Crippen molar-refractivity contribution >= 4 is 0 Å². The predicted octanol–water partition coefficient (Wildman–Crippen LogP) is 1.76. The highest BCUT2D eigenvalue weighted by Crippen LogP contribution is 2.21. The van der Waals surface area contributed by atoms with Crippen LogP contribution in [0.15, 0.2) is 0 Å². The Bertz CT molecular complexity index is 204. The number of piperidine rings is 1. The molecule has 1 heterocycles. The van der Waals surface area contributed by atoms with Gasteiger partial charge in [-0.25, -0.2) is 0 Å². The van der Waals surface area contributed by atoms with Crippen molar-refractivity contribution in [3.05, 3.63) is 0 Å². The third kappa shape index (κ3) is 3.44. The predicted molar refractivity (Wildman–Crippen MR) is 66.5 cm³/mol. The zero-order valence-electron chi connectivity index (χ0n) is 10.5. The summed E-state index contributed by atoms with van der Waals surface area (Å²) >= 11 is 0. The summed E-state index contributed by atoms with van der Waals surface area (Å²) in [6, 6.07) is 1.05. The summed E-state index contributed by atoms with van der Waals surface area (Å²) in [5, 5.41) is 0. The molecule has 0 amide bonds. The second-order valence-electron chi connectivity index (χ2n) is 5.45. The first-order valence-electron chi connectivity index (χ1n) is 6.87. The van der Waals surface area contributed by atoms with Crippen LogP contribution in [0.4, 0.5) is 0 Å². The van der Waals surface area contributed by atoms with Crippen LogP contribution in [-0.2, 0) is 4.74 Å². The van der Waals surface area contributed by atoms with Crippen molar-refractivity contribution < 1.29 is 4.74 Å². The van der Waals surface area contributed by atoms with Gasteiger partial charge in [-0.05, 0) is 39.2 Å². The van der Waals surface area contributed by atoms with Gasteiger partial charge in [-0.3, -0.25) is 4.90 Å². The van der Waals surface area contributed by atoms with E-state index < -0.39 is 0 Å². The number of likely N-dealkylation sites (tertiary alicyclic amines) is 1. The fraction of sp³-hybridized carbons (Fsp3) is 1.00. The van der Waals surface area contributed by atoms with E-state index in [4.69, 9.17) is 10.5 Å². The van der Waals surface area contributed by atoms with Gasteiger partial charge >= 0.3 is 0 Å². The largest absolute Gasteiger partial charge is 0.377 e. The minimum atomic E-state index is 0.419. The van der Waals surface area contributed by atoms with E-state index in [1.165, 1.54) is 25.7 Å². The first kappa shape index (κ1) is 12.3. The van der Waals surface area contributed by atoms with Crippen LogP contribution in [0, 0.1) is 0 Å². The molecule has 2 N–H and O–H groups in total. The third-order valence-corrected chi connectivity index (χ3v) is 4.09. The van der Waals surface area contributed by atoms with Crippen molar-refractivity contribution in [2.75, 3.05) is 19.7 Å². The number of ether oxygens (including phenoxy) is 1. The van der Waals surface area contributed by atoms with E-state index in [0.717, 1.165) is 32.5 Å². The summed E-state index contributed by atoms with van der Waals surface area (Å²) in [4.78, 5) is 2.53. The van der Waals surface area contributed by atoms with Crippen LogP contribution in [-0.4, -0.2) is 42.8 Å². The monoisotopic (exact) mass is 226 g/mol. The van der Waals surface area contributed by atoms with Crippen LogP contribution in [0.1, 0.15) is 45.4 Å². The maximum Gasteiger partial charge on any atom is 0.0597 e. The van der Waals surface area contributed by atoms with Gasteiger partial charge in [-0.15, -0.1) is 0 Å². The molecule has 94 valence electrons. The molecule has 0 aromatic heterocycles. The second kappa shape index (κ2) is 5.99. The van der Waals surface area contributed by atoms with Crippen LogP contribution in [0.25, 0.3) is 0 Å². The molecule has 3 heteroatoms. The lowest BCUT2D eigenvalue weighted by Gasteiger charge is -2.36. The maximum absolute atomic E-state index is 5.96. The molecule has 1 aliphatic carbocycles. The molecule has 16 heavy (non-hydrogen) atoms. The SMILES string of the molecule is CC1CC(N)CCN1CCOC1CCCC1. The molecular formula is C13H26N2O. The Hall–Kier alpha value is -0.120. The van der Waals surface area contributed by atoms with E-state index in [2.05, 4.69) is 11.8 Å². The van der Waals surface area contributed by atoms with Crippen LogP contribution in [0.3, 0.4) is 0 Å². The van der Waals surface area contributed by atoms with E-state index in [9.17, 15) is 0 Å². The van der Waals surface area contributed by atoms with Crippen molar-refractivity contribution in [3.8, 4) is 0 Å². The molecule has 2 atom stereocenters. The molecule has 0 bridgehead atoms. The first-order chi connectivity index (χ1) is 7.75. The first-order valence-corrected chi connectivity index (χ1v) is 6.87. The molecule has 3 nitrogen and oxygen atoms in total. The Morgan fingerprint density at radius 3 is 2.69 bits per heavy atom. The van der Waals surface area contributed by atoms with E-state index in [-0.39, 0.29) is 0 Å². The highest BCUT2D eigenvalue weighted by atomic mass is 16.5. The number of nitrogens with zero attached hydrogens (tertiary/aromatic N) is 1. The average Bonchev–Trinajstić information content (AvgIpc) is 2.74. The van der Waals surface area contributed by atoms with Crippen LogP contribution in [0.2, 0.25) is 0 Å². The summed E-state index contributed by atoms with van der Waals surface area (Å²) in [6.45, 7) is 5.43. The Labute approximate surface area is 99.3 Å². The van der Waals surface area contributed by atoms with Crippen molar-refractivity contribution in [1.29, 1.82) is 0 Å². The quantitative estimate of drug-likeness (QED) is 0.794. The third-order valence-electron chi connectivity index (χ3n) is 4.09. The zero-order chi connectivity index (χ0) is 11.4. The van der Waals surface area contributed by atoms with Gasteiger partial charge in [0.05, 0.1) is 12.7 Å². The van der Waals surface area contributed by atoms with Gasteiger partial charge in [-0.2, -0.15) is 0 Å². The van der Waals surface area contributed by atoms with E-state index >= 15 is 0 Å². The van der Waals surface area contributed by atoms with Gasteiger partial charge in [-0.1, -0.05) is 12.8 Å². The number of nitrogens with two attached hydrogens (primary N) is 1. The lowest BCUT2D eigenvalue weighted by atomic mass is 9.99. The Balaban J connectivity index is 1.61. The molecule has 2 fully saturated rings. The standard InChI is InChI=1S/C13H26N2O/c1-11-10-12(14)6-7-15(11)8-9-16-13-4-2-3-5-13/h11-13H,2-10,14H2,1H3. The smallest absolute Gasteiger partial charge is 0.0597 e. The molecule has 2 unspecified atom stereocenters. The van der Waals surface area contributed by atoms with Crippen LogP contribution < -0.4 is 5.73 Å². The van der Waals surface area contributed by atoms with Gasteiger partial charge < -0.3 is 10.5 Å². The van der Waals surface area contributed by atoms with Gasteiger partial charge in [0.1, 0.15) is 0 Å². The lowest BCUT2D eigenvalue weighted by Crippen LogP contribution is -2.46. The Morgan fingerprint density at radius 1 is 1.25 bits per heavy atom. The summed E-state index contributed by atoms with van der Waals surface area (Å²) < 4.78 is 5.91. The maximum atomic E-state index is 5.96. The number of rotatable bonds is 4. The summed E-state index contributed by atoms with van der Waals surface area (Å²) in [5.41, 5.74) is 5.96. The Morgan fingerprint density at radius 2 is 2.00 bits per heavy atom. The summed E-state index contributed by atoms with van der Waals surface area (Å²) in [5.74, 6) is 0. The van der Waals surface area contributed by atoms with Crippen LogP contribution >= 0.6 is 0 Å². The molecular weight excluding hydrogens is 200 g/mol. The molecule has 0 radical (unpaired) electrons. The second-order valence-corrected chi connectivity index (χ2v) is 5.45. The van der Waals surface area contributed by atoms with E-state index in [1.54, 1.807) is 0 Å². The molecule has 0 spiro atoms. The number of hydrogen-bond donors (Lipinski definition) is 1. The highest BCUT2D eigenvalue weighted by molar-refractivity contribution is 4.80. The number of hydrogen-bond acceptors (Lipinski definition) is 3. The topological polar surface area (TPSA) is 38.5 Å². The van der Waals surface area contributed by atoms with Crippen molar-refractivity contribution in [2.24, 2.45) is 5.73 Å². The van der Waals surface area contributed by atoms with Gasteiger partial charge in [0, 0.05) is 18.6 Å². The van der Waals surface area contributed by atoms with Gasteiger partial charge in [0.25, 0.3) is 0 Å². The zero-order valence-corrected chi connectivity index (χ0v) is 10.5. The molecule has 1 saturated carbocycles. The molecule has 0 aromatic carbocycles. The fourth-order valence-corrected chi connectivity index (χ4v) is 2.98. The van der Waals surface area contributed by atoms with Gasteiger partial charge in [0.2, 0.25) is 0 Å². The summed E-state index contributed by atoms with van der Waals surface area (Å²) in [6.07, 6.45) is 8.12. The minimum Gasteiger partial charge on any atom is -0.377 e. The molecule has 1 aliphatic heterocycles. The Kier molecular flexibility index (Phi) is 4.62. The molecule has 0 aromatic rings. The molecule has 2 aliphatic rings. The van der Waals surface area contributed by atoms with Crippen molar-refractivity contribution in [2.45, 2.75) is 63.6 Å². The van der Waals surface area contributed by atoms with E-state index in [1.807, 2.05) is 0 Å².